The van der Waals surface area contributed by atoms with E-state index >= 15 is 0 Å². The van der Waals surface area contributed by atoms with Crippen molar-refractivity contribution < 1.29 is 18.7 Å². The molecule has 0 fully saturated rings. The molecule has 0 radical (unpaired) electrons. The Morgan fingerprint density at radius 3 is 2.72 bits per heavy atom. The van der Waals surface area contributed by atoms with Crippen LogP contribution in [0.15, 0.2) is 39.9 Å². The average molecular weight is 400 g/mol. The van der Waals surface area contributed by atoms with Crippen LogP contribution < -0.4 is 25.4 Å². The van der Waals surface area contributed by atoms with Crippen molar-refractivity contribution in [3.63, 3.8) is 0 Å². The van der Waals surface area contributed by atoms with Crippen molar-refractivity contribution in [2.24, 2.45) is 4.99 Å². The molecule has 0 unspecified atom stereocenters. The first-order valence-corrected chi connectivity index (χ1v) is 9.94. The molecule has 1 aliphatic heterocycles. The predicted octanol–water partition coefficient (Wildman–Crippen LogP) is 2.95. The number of rotatable bonds is 7. The van der Waals surface area contributed by atoms with E-state index in [0.29, 0.717) is 44.4 Å². The Morgan fingerprint density at radius 1 is 1.14 bits per heavy atom. The molecule has 0 aliphatic carbocycles. The standard InChI is InChI=1S/C21H28N4O4/c1-3-22-21(24-10-4-9-23-20(26)19-15(2)8-13-29-19)25-16-6-7-17-18(14-16)28-12-5-11-27-17/h6-8,13-14H,3-5,9-12H2,1-2H3,(H,23,26)(H2,22,24,25). The highest BCUT2D eigenvalue weighted by Crippen LogP contribution is 2.32. The summed E-state index contributed by atoms with van der Waals surface area (Å²) in [4.78, 5) is 16.6. The Hall–Kier alpha value is -3.16. The predicted molar refractivity (Wildman–Crippen MR) is 112 cm³/mol. The molecule has 2 aromatic rings. The third kappa shape index (κ3) is 5.91. The van der Waals surface area contributed by atoms with Crippen molar-refractivity contribution in [2.45, 2.75) is 26.7 Å². The third-order valence-corrected chi connectivity index (χ3v) is 4.31. The number of aryl methyl sites for hydroxylation is 1. The van der Waals surface area contributed by atoms with Crippen LogP contribution in [0, 0.1) is 6.92 Å². The Labute approximate surface area is 170 Å². The van der Waals surface area contributed by atoms with Gasteiger partial charge >= 0.3 is 0 Å². The van der Waals surface area contributed by atoms with Gasteiger partial charge < -0.3 is 29.8 Å². The minimum absolute atomic E-state index is 0.200. The highest BCUT2D eigenvalue weighted by Gasteiger charge is 2.12. The van der Waals surface area contributed by atoms with Gasteiger partial charge in [0.2, 0.25) is 0 Å². The molecule has 1 aliphatic rings. The minimum Gasteiger partial charge on any atom is -0.490 e. The summed E-state index contributed by atoms with van der Waals surface area (Å²) in [7, 11) is 0. The highest BCUT2D eigenvalue weighted by molar-refractivity contribution is 5.94. The molecule has 8 heteroatoms. The van der Waals surface area contributed by atoms with Crippen LogP contribution in [0.4, 0.5) is 5.69 Å². The maximum Gasteiger partial charge on any atom is 0.287 e. The summed E-state index contributed by atoms with van der Waals surface area (Å²) in [5, 5.41) is 9.35. The van der Waals surface area contributed by atoms with Gasteiger partial charge in [0.25, 0.3) is 5.91 Å². The second-order valence-corrected chi connectivity index (χ2v) is 6.64. The lowest BCUT2D eigenvalue weighted by atomic mass is 10.2. The van der Waals surface area contributed by atoms with Crippen molar-refractivity contribution >= 4 is 17.6 Å². The smallest absolute Gasteiger partial charge is 0.287 e. The SMILES string of the molecule is CCNC(=NCCCNC(=O)c1occc1C)Nc1ccc2c(c1)OCCCO2. The third-order valence-electron chi connectivity index (χ3n) is 4.31. The highest BCUT2D eigenvalue weighted by atomic mass is 16.5. The maximum atomic E-state index is 12.0. The van der Waals surface area contributed by atoms with Gasteiger partial charge in [0, 0.05) is 43.4 Å². The van der Waals surface area contributed by atoms with Gasteiger partial charge in [-0.2, -0.15) is 0 Å². The normalized spacial score (nSPS) is 13.5. The lowest BCUT2D eigenvalue weighted by Crippen LogP contribution is -2.31. The number of guanidine groups is 1. The summed E-state index contributed by atoms with van der Waals surface area (Å²) >= 11 is 0. The molecule has 3 N–H and O–H groups in total. The monoisotopic (exact) mass is 400 g/mol. The first-order valence-electron chi connectivity index (χ1n) is 9.94. The van der Waals surface area contributed by atoms with Crippen LogP contribution in [0.25, 0.3) is 0 Å². The molecule has 3 rings (SSSR count). The van der Waals surface area contributed by atoms with E-state index < -0.39 is 0 Å². The van der Waals surface area contributed by atoms with E-state index in [1.165, 1.54) is 6.26 Å². The van der Waals surface area contributed by atoms with Gasteiger partial charge in [-0.1, -0.05) is 0 Å². The molecular formula is C21H28N4O4. The number of fused-ring (bicyclic) bond motifs is 1. The van der Waals surface area contributed by atoms with Crippen molar-refractivity contribution in [1.29, 1.82) is 0 Å². The van der Waals surface area contributed by atoms with Crippen LogP contribution in [0.3, 0.4) is 0 Å². The Kier molecular flexibility index (Phi) is 7.38. The second kappa shape index (κ2) is 10.4. The van der Waals surface area contributed by atoms with Crippen LogP contribution >= 0.6 is 0 Å². The average Bonchev–Trinajstić information content (AvgIpc) is 3.01. The zero-order chi connectivity index (χ0) is 20.5. The van der Waals surface area contributed by atoms with E-state index in [-0.39, 0.29) is 5.91 Å². The molecule has 0 spiro atoms. The zero-order valence-corrected chi connectivity index (χ0v) is 16.9. The lowest BCUT2D eigenvalue weighted by Gasteiger charge is -2.13. The van der Waals surface area contributed by atoms with Gasteiger partial charge in [0.05, 0.1) is 19.5 Å². The number of nitrogens with zero attached hydrogens (tertiary/aromatic N) is 1. The number of amides is 1. The number of furan rings is 1. The van der Waals surface area contributed by atoms with Crippen molar-refractivity contribution in [2.75, 3.05) is 38.2 Å². The van der Waals surface area contributed by atoms with Crippen LogP contribution in [0.1, 0.15) is 35.9 Å². The quantitative estimate of drug-likeness (QED) is 0.376. The van der Waals surface area contributed by atoms with Crippen LogP contribution in [-0.4, -0.2) is 44.7 Å². The van der Waals surface area contributed by atoms with Gasteiger partial charge in [-0.15, -0.1) is 0 Å². The molecule has 1 aromatic carbocycles. The van der Waals surface area contributed by atoms with Gasteiger partial charge in [-0.05, 0) is 38.5 Å². The Balaban J connectivity index is 1.50. The molecule has 0 saturated carbocycles. The Morgan fingerprint density at radius 2 is 1.97 bits per heavy atom. The first-order chi connectivity index (χ1) is 14.2. The summed E-state index contributed by atoms with van der Waals surface area (Å²) in [6, 6.07) is 7.53. The molecule has 29 heavy (non-hydrogen) atoms. The molecule has 8 nitrogen and oxygen atoms in total. The van der Waals surface area contributed by atoms with E-state index in [2.05, 4.69) is 20.9 Å². The number of aliphatic imine (C=N–C) groups is 1. The minimum atomic E-state index is -0.200. The van der Waals surface area contributed by atoms with E-state index in [4.69, 9.17) is 13.9 Å². The number of hydrogen-bond acceptors (Lipinski definition) is 5. The fourth-order valence-electron chi connectivity index (χ4n) is 2.84. The van der Waals surface area contributed by atoms with Gasteiger partial charge in [-0.3, -0.25) is 9.79 Å². The van der Waals surface area contributed by atoms with Gasteiger partial charge in [-0.25, -0.2) is 0 Å². The van der Waals surface area contributed by atoms with E-state index in [0.717, 1.165) is 35.7 Å². The van der Waals surface area contributed by atoms with Gasteiger partial charge in [0.1, 0.15) is 0 Å². The van der Waals surface area contributed by atoms with Crippen molar-refractivity contribution in [3.05, 3.63) is 41.9 Å². The largest absolute Gasteiger partial charge is 0.490 e. The summed E-state index contributed by atoms with van der Waals surface area (Å²) in [5.41, 5.74) is 1.70. The first kappa shape index (κ1) is 20.6. The molecule has 1 amide bonds. The number of carbonyl (C=O) groups excluding carboxylic acids is 1. The summed E-state index contributed by atoms with van der Waals surface area (Å²) < 4.78 is 16.6. The molecule has 156 valence electrons. The Bertz CT molecular complexity index is 847. The summed E-state index contributed by atoms with van der Waals surface area (Å²) in [6.45, 7) is 7.00. The maximum absolute atomic E-state index is 12.0. The van der Waals surface area contributed by atoms with Gasteiger partial charge in [0.15, 0.2) is 23.2 Å². The molecule has 0 bridgehead atoms. The number of anilines is 1. The van der Waals surface area contributed by atoms with Crippen molar-refractivity contribution in [1.82, 2.24) is 10.6 Å². The molecule has 0 saturated heterocycles. The lowest BCUT2D eigenvalue weighted by molar-refractivity contribution is 0.0925. The van der Waals surface area contributed by atoms with Crippen LogP contribution in [0.5, 0.6) is 11.5 Å². The molecular weight excluding hydrogens is 372 g/mol. The fourth-order valence-corrected chi connectivity index (χ4v) is 2.84. The molecule has 1 aromatic heterocycles. The molecule has 0 atom stereocenters. The second-order valence-electron chi connectivity index (χ2n) is 6.64. The number of benzene rings is 1. The summed E-state index contributed by atoms with van der Waals surface area (Å²) in [6.07, 6.45) is 3.10. The van der Waals surface area contributed by atoms with Crippen molar-refractivity contribution in [3.8, 4) is 11.5 Å². The topological polar surface area (TPSA) is 97.1 Å². The van der Waals surface area contributed by atoms with Crippen LogP contribution in [-0.2, 0) is 0 Å². The number of hydrogen-bond donors (Lipinski definition) is 3. The number of ether oxygens (including phenoxy) is 2. The van der Waals surface area contributed by atoms with Crippen LogP contribution in [0.2, 0.25) is 0 Å². The number of carbonyl (C=O) groups is 1. The zero-order valence-electron chi connectivity index (χ0n) is 16.9. The summed E-state index contributed by atoms with van der Waals surface area (Å²) in [5.74, 6) is 2.33. The fraction of sp³-hybridized carbons (Fsp3) is 0.429. The van der Waals surface area contributed by atoms with E-state index in [1.54, 1.807) is 6.07 Å². The number of nitrogens with one attached hydrogen (secondary N) is 3. The molecule has 2 heterocycles. The van der Waals surface area contributed by atoms with E-state index in [9.17, 15) is 4.79 Å². The van der Waals surface area contributed by atoms with E-state index in [1.807, 2.05) is 32.0 Å².